The molecule has 176 valence electrons. The minimum absolute atomic E-state index is 0.0455. The lowest BCUT2D eigenvalue weighted by molar-refractivity contribution is -0.134. The number of hydrogen-bond acceptors (Lipinski definition) is 5. The Morgan fingerprint density at radius 2 is 1.66 bits per heavy atom. The zero-order valence-corrected chi connectivity index (χ0v) is 19.4. The third-order valence-corrected chi connectivity index (χ3v) is 5.68. The van der Waals surface area contributed by atoms with Crippen LogP contribution in [0.25, 0.3) is 0 Å². The Morgan fingerprint density at radius 3 is 2.22 bits per heavy atom. The van der Waals surface area contributed by atoms with Gasteiger partial charge in [-0.05, 0) is 65.2 Å². The fourth-order valence-corrected chi connectivity index (χ4v) is 3.87. The Bertz CT molecular complexity index is 851. The average molecular weight is 449 g/mol. The molecule has 3 rings (SSSR count). The lowest BCUT2D eigenvalue weighted by atomic mass is 9.99. The fraction of sp³-hybridized carbons (Fsp3) is 0.609. The van der Waals surface area contributed by atoms with E-state index in [0.717, 1.165) is 12.8 Å². The first kappa shape index (κ1) is 24.0. The van der Waals surface area contributed by atoms with Gasteiger partial charge in [0.1, 0.15) is 17.5 Å². The number of benzene rings is 1. The van der Waals surface area contributed by atoms with Crippen LogP contribution in [0.3, 0.4) is 0 Å². The number of ether oxygens (including phenoxy) is 1. The fourth-order valence-electron chi connectivity index (χ4n) is 3.87. The van der Waals surface area contributed by atoms with Crippen LogP contribution in [0, 0.1) is 11.7 Å². The van der Waals surface area contributed by atoms with E-state index in [1.807, 2.05) is 39.5 Å². The van der Waals surface area contributed by atoms with Crippen LogP contribution in [0.4, 0.5) is 9.18 Å². The summed E-state index contributed by atoms with van der Waals surface area (Å²) in [5.41, 5.74) is 5.04. The van der Waals surface area contributed by atoms with E-state index in [0.29, 0.717) is 18.7 Å². The molecule has 1 aliphatic carbocycles. The van der Waals surface area contributed by atoms with Crippen molar-refractivity contribution in [2.75, 3.05) is 13.1 Å². The highest BCUT2D eigenvalue weighted by molar-refractivity contribution is 5.87. The lowest BCUT2D eigenvalue weighted by Crippen LogP contribution is -2.61. The maximum Gasteiger partial charge on any atom is 0.410 e. The van der Waals surface area contributed by atoms with Gasteiger partial charge in [0.05, 0.1) is 0 Å². The standard InChI is InChI=1S/C23H33FN4O4/c1-14-13-28(22(31)32-23(3,4)5)15(2)12-27(14)19(16-8-10-18(24)11-9-16)21(30)26-25-20(29)17-6-7-17/h8-11,14-15,17,19H,6-7,12-13H2,1-5H3,(H,25,29)(H,26,30)/t14-,15+,19?/m1/s1. The Hall–Kier alpha value is -2.68. The second-order valence-electron chi connectivity index (χ2n) is 9.73. The van der Waals surface area contributed by atoms with Crippen LogP contribution in [-0.4, -0.2) is 58.5 Å². The predicted octanol–water partition coefficient (Wildman–Crippen LogP) is 2.75. The second-order valence-corrected chi connectivity index (χ2v) is 9.73. The van der Waals surface area contributed by atoms with E-state index >= 15 is 0 Å². The molecule has 2 fully saturated rings. The number of hydrogen-bond donors (Lipinski definition) is 2. The van der Waals surface area contributed by atoms with E-state index in [-0.39, 0.29) is 23.9 Å². The molecule has 0 spiro atoms. The molecule has 8 nitrogen and oxygen atoms in total. The van der Waals surface area contributed by atoms with Crippen molar-refractivity contribution in [2.45, 2.75) is 71.2 Å². The molecule has 2 aliphatic rings. The van der Waals surface area contributed by atoms with E-state index < -0.39 is 29.5 Å². The van der Waals surface area contributed by atoms with Crippen LogP contribution >= 0.6 is 0 Å². The van der Waals surface area contributed by atoms with Crippen LogP contribution in [-0.2, 0) is 14.3 Å². The summed E-state index contributed by atoms with van der Waals surface area (Å²) >= 11 is 0. The summed E-state index contributed by atoms with van der Waals surface area (Å²) in [5, 5.41) is 0. The largest absolute Gasteiger partial charge is 0.444 e. The molecule has 9 heteroatoms. The Kier molecular flexibility index (Phi) is 7.07. The molecular formula is C23H33FN4O4. The molecule has 1 aliphatic heterocycles. The van der Waals surface area contributed by atoms with E-state index in [4.69, 9.17) is 4.74 Å². The Labute approximate surface area is 188 Å². The molecule has 32 heavy (non-hydrogen) atoms. The molecule has 1 heterocycles. The minimum Gasteiger partial charge on any atom is -0.444 e. The van der Waals surface area contributed by atoms with Gasteiger partial charge in [-0.25, -0.2) is 9.18 Å². The van der Waals surface area contributed by atoms with Gasteiger partial charge >= 0.3 is 6.09 Å². The average Bonchev–Trinajstić information content (AvgIpc) is 3.54. The summed E-state index contributed by atoms with van der Waals surface area (Å²) in [5.74, 6) is -1.05. The van der Waals surface area contributed by atoms with Crippen molar-refractivity contribution in [3.05, 3.63) is 35.6 Å². The summed E-state index contributed by atoms with van der Waals surface area (Å²) in [6.45, 7) is 10.1. The van der Waals surface area contributed by atoms with Gasteiger partial charge in [0.25, 0.3) is 5.91 Å². The minimum atomic E-state index is -0.756. The first-order valence-corrected chi connectivity index (χ1v) is 11.1. The highest BCUT2D eigenvalue weighted by Gasteiger charge is 2.40. The number of piperazine rings is 1. The lowest BCUT2D eigenvalue weighted by Gasteiger charge is -2.46. The number of halogens is 1. The SMILES string of the molecule is C[C@@H]1CN(C(=O)OC(C)(C)C)[C@@H](C)CN1C(C(=O)NNC(=O)C1CC1)c1ccc(F)cc1. The molecule has 1 aromatic carbocycles. The van der Waals surface area contributed by atoms with Gasteiger partial charge in [-0.3, -0.25) is 25.3 Å². The van der Waals surface area contributed by atoms with Crippen LogP contribution in [0.2, 0.25) is 0 Å². The third-order valence-electron chi connectivity index (χ3n) is 5.68. The van der Waals surface area contributed by atoms with Gasteiger partial charge in [-0.15, -0.1) is 0 Å². The maximum absolute atomic E-state index is 13.5. The number of nitrogens with zero attached hydrogens (tertiary/aromatic N) is 2. The molecule has 2 N–H and O–H groups in total. The van der Waals surface area contributed by atoms with E-state index in [1.165, 1.54) is 12.1 Å². The van der Waals surface area contributed by atoms with Gasteiger partial charge in [0.2, 0.25) is 5.91 Å². The van der Waals surface area contributed by atoms with Gasteiger partial charge in [0.15, 0.2) is 0 Å². The number of hydrazine groups is 1. The van der Waals surface area contributed by atoms with Gasteiger partial charge < -0.3 is 9.64 Å². The summed E-state index contributed by atoms with van der Waals surface area (Å²) in [6, 6.07) is 4.61. The normalized spacial score (nSPS) is 22.8. The molecule has 3 amide bonds. The zero-order chi connectivity index (χ0) is 23.6. The molecule has 0 bridgehead atoms. The molecule has 1 saturated heterocycles. The number of amides is 3. The van der Waals surface area contributed by atoms with Gasteiger partial charge in [-0.2, -0.15) is 0 Å². The van der Waals surface area contributed by atoms with Gasteiger partial charge in [0, 0.05) is 31.1 Å². The van der Waals surface area contributed by atoms with Crippen molar-refractivity contribution in [2.24, 2.45) is 5.92 Å². The third kappa shape index (κ3) is 5.97. The van der Waals surface area contributed by atoms with Crippen LogP contribution < -0.4 is 10.9 Å². The Balaban J connectivity index is 1.78. The van der Waals surface area contributed by atoms with E-state index in [1.54, 1.807) is 17.0 Å². The van der Waals surface area contributed by atoms with E-state index in [9.17, 15) is 18.8 Å². The predicted molar refractivity (Wildman–Crippen MR) is 117 cm³/mol. The topological polar surface area (TPSA) is 91.0 Å². The molecule has 1 saturated carbocycles. The molecule has 3 atom stereocenters. The number of carbonyl (C=O) groups excluding carboxylic acids is 3. The van der Waals surface area contributed by atoms with Crippen LogP contribution in [0.1, 0.15) is 59.1 Å². The summed E-state index contributed by atoms with van der Waals surface area (Å²) in [7, 11) is 0. The zero-order valence-electron chi connectivity index (χ0n) is 19.4. The monoisotopic (exact) mass is 448 g/mol. The highest BCUT2D eigenvalue weighted by atomic mass is 19.1. The molecule has 1 unspecified atom stereocenters. The smallest absolute Gasteiger partial charge is 0.410 e. The van der Waals surface area contributed by atoms with Crippen molar-refractivity contribution in [3.8, 4) is 0 Å². The van der Waals surface area contributed by atoms with Crippen LogP contribution in [0.15, 0.2) is 24.3 Å². The van der Waals surface area contributed by atoms with Crippen LogP contribution in [0.5, 0.6) is 0 Å². The summed E-state index contributed by atoms with van der Waals surface area (Å²) in [6.07, 6.45) is 1.25. The second kappa shape index (κ2) is 9.44. The first-order valence-electron chi connectivity index (χ1n) is 11.1. The highest BCUT2D eigenvalue weighted by Crippen LogP contribution is 2.30. The van der Waals surface area contributed by atoms with Crippen molar-refractivity contribution in [1.82, 2.24) is 20.7 Å². The number of nitrogens with one attached hydrogen (secondary N) is 2. The van der Waals surface area contributed by atoms with Crippen molar-refractivity contribution in [3.63, 3.8) is 0 Å². The maximum atomic E-state index is 13.5. The van der Waals surface area contributed by atoms with Crippen molar-refractivity contribution in [1.29, 1.82) is 0 Å². The number of rotatable bonds is 4. The molecular weight excluding hydrogens is 415 g/mol. The van der Waals surface area contributed by atoms with E-state index in [2.05, 4.69) is 10.9 Å². The Morgan fingerprint density at radius 1 is 1.03 bits per heavy atom. The first-order chi connectivity index (χ1) is 15.0. The van der Waals surface area contributed by atoms with Crippen molar-refractivity contribution < 1.29 is 23.5 Å². The molecule has 0 radical (unpaired) electrons. The summed E-state index contributed by atoms with van der Waals surface area (Å²) < 4.78 is 19.1. The molecule has 0 aromatic heterocycles. The summed E-state index contributed by atoms with van der Waals surface area (Å²) in [4.78, 5) is 41.4. The quantitative estimate of drug-likeness (QED) is 0.692. The number of carbonyl (C=O) groups is 3. The van der Waals surface area contributed by atoms with Crippen molar-refractivity contribution >= 4 is 17.9 Å². The van der Waals surface area contributed by atoms with Gasteiger partial charge in [-0.1, -0.05) is 12.1 Å². The molecule has 1 aromatic rings.